The van der Waals surface area contributed by atoms with Crippen LogP contribution in [-0.2, 0) is 14.3 Å². The van der Waals surface area contributed by atoms with Crippen LogP contribution in [0.2, 0.25) is 0 Å². The second-order valence-electron chi connectivity index (χ2n) is 3.92. The van der Waals surface area contributed by atoms with E-state index in [-0.39, 0.29) is 18.5 Å². The molecular weight excluding hydrogens is 192 g/mol. The highest BCUT2D eigenvalue weighted by Gasteiger charge is 2.35. The molecule has 15 heavy (non-hydrogen) atoms. The Morgan fingerprint density at radius 3 is 2.07 bits per heavy atom. The Bertz CT molecular complexity index is 183. The molecular formula is C12H24O3. The second-order valence-corrected chi connectivity index (χ2v) is 3.92. The molecule has 0 spiro atoms. The number of hydrogen-bond donors (Lipinski definition) is 0. The molecule has 0 aromatic rings. The molecule has 0 aliphatic heterocycles. The molecule has 0 atom stereocenters. The first-order valence-corrected chi connectivity index (χ1v) is 5.81. The molecule has 0 unspecified atom stereocenters. The quantitative estimate of drug-likeness (QED) is 0.625. The highest BCUT2D eigenvalue weighted by molar-refractivity contribution is 5.88. The van der Waals surface area contributed by atoms with Gasteiger partial charge in [0, 0.05) is 6.61 Å². The van der Waals surface area contributed by atoms with Gasteiger partial charge >= 0.3 is 0 Å². The van der Waals surface area contributed by atoms with Gasteiger partial charge in [0.1, 0.15) is 12.2 Å². The smallest absolute Gasteiger partial charge is 0.190 e. The van der Waals surface area contributed by atoms with Crippen molar-refractivity contribution >= 4 is 5.78 Å². The van der Waals surface area contributed by atoms with Crippen LogP contribution in [-0.4, -0.2) is 30.7 Å². The third-order valence-electron chi connectivity index (χ3n) is 2.62. The SMILES string of the molecule is CCOC(CC)(CC)C(=O)COC(C)C. The third kappa shape index (κ3) is 4.31. The molecule has 0 rings (SSSR count). The van der Waals surface area contributed by atoms with Crippen molar-refractivity contribution in [1.29, 1.82) is 0 Å². The molecule has 0 bridgehead atoms. The minimum absolute atomic E-state index is 0.0584. The molecule has 90 valence electrons. The van der Waals surface area contributed by atoms with Crippen LogP contribution in [0.1, 0.15) is 47.5 Å². The van der Waals surface area contributed by atoms with E-state index < -0.39 is 5.60 Å². The molecule has 0 aromatic heterocycles. The number of Topliss-reactive ketones (excluding diaryl/α,β-unsaturated/α-hetero) is 1. The van der Waals surface area contributed by atoms with Crippen molar-refractivity contribution in [1.82, 2.24) is 0 Å². The summed E-state index contributed by atoms with van der Waals surface area (Å²) in [6, 6.07) is 0. The molecule has 3 heteroatoms. The lowest BCUT2D eigenvalue weighted by atomic mass is 9.92. The van der Waals surface area contributed by atoms with E-state index in [1.165, 1.54) is 0 Å². The summed E-state index contributed by atoms with van der Waals surface area (Å²) >= 11 is 0. The van der Waals surface area contributed by atoms with Crippen molar-refractivity contribution in [2.45, 2.75) is 59.2 Å². The lowest BCUT2D eigenvalue weighted by Crippen LogP contribution is -2.43. The summed E-state index contributed by atoms with van der Waals surface area (Å²) in [5.41, 5.74) is -0.635. The second kappa shape index (κ2) is 6.96. The Balaban J connectivity index is 4.40. The van der Waals surface area contributed by atoms with E-state index in [9.17, 15) is 4.79 Å². The van der Waals surface area contributed by atoms with Gasteiger partial charge in [-0.1, -0.05) is 13.8 Å². The average molecular weight is 216 g/mol. The minimum atomic E-state index is -0.635. The third-order valence-corrected chi connectivity index (χ3v) is 2.62. The Morgan fingerprint density at radius 2 is 1.73 bits per heavy atom. The number of ketones is 1. The van der Waals surface area contributed by atoms with Crippen LogP contribution in [0.5, 0.6) is 0 Å². The number of rotatable bonds is 8. The molecule has 0 radical (unpaired) electrons. The van der Waals surface area contributed by atoms with Crippen LogP contribution in [0.3, 0.4) is 0 Å². The maximum Gasteiger partial charge on any atom is 0.190 e. The van der Waals surface area contributed by atoms with E-state index in [0.717, 1.165) is 0 Å². The van der Waals surface area contributed by atoms with Crippen molar-refractivity contribution in [3.05, 3.63) is 0 Å². The van der Waals surface area contributed by atoms with Crippen LogP contribution in [0, 0.1) is 0 Å². The van der Waals surface area contributed by atoms with Crippen LogP contribution in [0.4, 0.5) is 0 Å². The summed E-state index contributed by atoms with van der Waals surface area (Å²) in [5.74, 6) is 0.0584. The van der Waals surface area contributed by atoms with Gasteiger partial charge in [0.05, 0.1) is 6.10 Å². The van der Waals surface area contributed by atoms with Gasteiger partial charge in [0.25, 0.3) is 0 Å². The fourth-order valence-electron chi connectivity index (χ4n) is 1.58. The normalized spacial score (nSPS) is 12.1. The highest BCUT2D eigenvalue weighted by Crippen LogP contribution is 2.22. The van der Waals surface area contributed by atoms with Gasteiger partial charge in [-0.3, -0.25) is 4.79 Å². The first kappa shape index (κ1) is 14.6. The number of carbonyl (C=O) groups excluding carboxylic acids is 1. The molecule has 0 aliphatic carbocycles. The lowest BCUT2D eigenvalue weighted by molar-refractivity contribution is -0.151. The van der Waals surface area contributed by atoms with E-state index >= 15 is 0 Å². The maximum absolute atomic E-state index is 12.0. The summed E-state index contributed by atoms with van der Waals surface area (Å²) in [6.07, 6.45) is 1.50. The van der Waals surface area contributed by atoms with Crippen LogP contribution >= 0.6 is 0 Å². The van der Waals surface area contributed by atoms with E-state index in [4.69, 9.17) is 9.47 Å². The predicted octanol–water partition coefficient (Wildman–Crippen LogP) is 2.58. The van der Waals surface area contributed by atoms with Gasteiger partial charge in [-0.25, -0.2) is 0 Å². The summed E-state index contributed by atoms with van der Waals surface area (Å²) < 4.78 is 10.9. The molecule has 0 heterocycles. The van der Waals surface area contributed by atoms with E-state index in [2.05, 4.69) is 0 Å². The topological polar surface area (TPSA) is 35.5 Å². The largest absolute Gasteiger partial charge is 0.371 e. The highest BCUT2D eigenvalue weighted by atomic mass is 16.5. The van der Waals surface area contributed by atoms with Crippen molar-refractivity contribution in [2.75, 3.05) is 13.2 Å². The minimum Gasteiger partial charge on any atom is -0.371 e. The Labute approximate surface area is 93.1 Å². The summed E-state index contributed by atoms with van der Waals surface area (Å²) in [4.78, 5) is 12.0. The average Bonchev–Trinajstić information content (AvgIpc) is 2.22. The van der Waals surface area contributed by atoms with Gasteiger partial charge in [0.15, 0.2) is 5.78 Å². The number of ether oxygens (including phenoxy) is 2. The maximum atomic E-state index is 12.0. The van der Waals surface area contributed by atoms with Crippen molar-refractivity contribution in [3.8, 4) is 0 Å². The molecule has 0 saturated heterocycles. The molecule has 0 N–H and O–H groups in total. The fourth-order valence-corrected chi connectivity index (χ4v) is 1.58. The van der Waals surface area contributed by atoms with Crippen molar-refractivity contribution < 1.29 is 14.3 Å². The standard InChI is InChI=1S/C12H24O3/c1-6-12(7-2,15-8-3)11(13)9-14-10(4)5/h10H,6-9H2,1-5H3. The van der Waals surface area contributed by atoms with Crippen LogP contribution in [0.15, 0.2) is 0 Å². The van der Waals surface area contributed by atoms with Crippen LogP contribution in [0.25, 0.3) is 0 Å². The van der Waals surface area contributed by atoms with Gasteiger partial charge < -0.3 is 9.47 Å². The van der Waals surface area contributed by atoms with Gasteiger partial charge in [-0.15, -0.1) is 0 Å². The molecule has 0 aliphatic rings. The van der Waals surface area contributed by atoms with E-state index in [0.29, 0.717) is 19.4 Å². The zero-order chi connectivity index (χ0) is 11.9. The first-order valence-electron chi connectivity index (χ1n) is 5.81. The fraction of sp³-hybridized carbons (Fsp3) is 0.917. The molecule has 0 amide bonds. The molecule has 3 nitrogen and oxygen atoms in total. The lowest BCUT2D eigenvalue weighted by Gasteiger charge is -2.30. The molecule has 0 fully saturated rings. The zero-order valence-corrected chi connectivity index (χ0v) is 10.6. The number of carbonyl (C=O) groups is 1. The van der Waals surface area contributed by atoms with Crippen molar-refractivity contribution in [2.24, 2.45) is 0 Å². The monoisotopic (exact) mass is 216 g/mol. The predicted molar refractivity (Wildman–Crippen MR) is 61.0 cm³/mol. The first-order chi connectivity index (χ1) is 7.02. The number of hydrogen-bond acceptors (Lipinski definition) is 3. The summed E-state index contributed by atoms with van der Waals surface area (Å²) in [5, 5.41) is 0. The zero-order valence-electron chi connectivity index (χ0n) is 10.6. The Kier molecular flexibility index (Phi) is 6.77. The summed E-state index contributed by atoms with van der Waals surface area (Å²) in [6.45, 7) is 10.4. The van der Waals surface area contributed by atoms with E-state index in [1.54, 1.807) is 0 Å². The van der Waals surface area contributed by atoms with E-state index in [1.807, 2.05) is 34.6 Å². The molecule has 0 aromatic carbocycles. The van der Waals surface area contributed by atoms with Gasteiger partial charge in [-0.2, -0.15) is 0 Å². The summed E-state index contributed by atoms with van der Waals surface area (Å²) in [7, 11) is 0. The molecule has 0 saturated carbocycles. The van der Waals surface area contributed by atoms with Gasteiger partial charge in [0.2, 0.25) is 0 Å². The van der Waals surface area contributed by atoms with Crippen LogP contribution < -0.4 is 0 Å². The van der Waals surface area contributed by atoms with Gasteiger partial charge in [-0.05, 0) is 33.6 Å². The Hall–Kier alpha value is -0.410. The Morgan fingerprint density at radius 1 is 1.20 bits per heavy atom. The van der Waals surface area contributed by atoms with Crippen molar-refractivity contribution in [3.63, 3.8) is 0 Å².